The monoisotopic (exact) mass is 232 g/mol. The third kappa shape index (κ3) is 2.05. The molecule has 0 aromatic carbocycles. The van der Waals surface area contributed by atoms with Crippen LogP contribution in [0.2, 0.25) is 0 Å². The second-order valence-electron chi connectivity index (χ2n) is 4.67. The topological polar surface area (TPSA) is 60.7 Å². The summed E-state index contributed by atoms with van der Waals surface area (Å²) in [5, 5.41) is 0.794. The van der Waals surface area contributed by atoms with Gasteiger partial charge in [0.2, 0.25) is 0 Å². The molecule has 2 heterocycles. The van der Waals surface area contributed by atoms with Crippen LogP contribution in [0.25, 0.3) is 11.0 Å². The fourth-order valence-corrected chi connectivity index (χ4v) is 1.70. The molecule has 0 aliphatic heterocycles. The van der Waals surface area contributed by atoms with Crippen molar-refractivity contribution in [2.45, 2.75) is 39.7 Å². The van der Waals surface area contributed by atoms with Gasteiger partial charge in [-0.15, -0.1) is 0 Å². The lowest BCUT2D eigenvalue weighted by molar-refractivity contribution is 0.578. The van der Waals surface area contributed by atoms with Gasteiger partial charge in [-0.3, -0.25) is 4.57 Å². The summed E-state index contributed by atoms with van der Waals surface area (Å²) in [5.74, 6) is 0.987. The van der Waals surface area contributed by atoms with E-state index in [1.54, 1.807) is 10.8 Å². The van der Waals surface area contributed by atoms with E-state index in [4.69, 9.17) is 0 Å². The molecule has 0 fully saturated rings. The molecule has 0 saturated heterocycles. The minimum absolute atomic E-state index is 0.0358. The molecule has 17 heavy (non-hydrogen) atoms. The molecule has 0 amide bonds. The second kappa shape index (κ2) is 4.24. The Labute approximate surface area is 99.6 Å². The molecular weight excluding hydrogens is 216 g/mol. The van der Waals surface area contributed by atoms with Crippen LogP contribution in [-0.4, -0.2) is 19.5 Å². The quantitative estimate of drug-likeness (QED) is 0.793. The van der Waals surface area contributed by atoms with Crippen LogP contribution in [-0.2, 0) is 0 Å². The highest BCUT2D eigenvalue weighted by atomic mass is 16.1. The van der Waals surface area contributed by atoms with Crippen LogP contribution in [0.5, 0.6) is 0 Å². The van der Waals surface area contributed by atoms with E-state index in [-0.39, 0.29) is 17.6 Å². The second-order valence-corrected chi connectivity index (χ2v) is 4.67. The van der Waals surface area contributed by atoms with Crippen LogP contribution in [0.4, 0.5) is 0 Å². The molecule has 0 saturated carbocycles. The van der Waals surface area contributed by atoms with Crippen molar-refractivity contribution in [2.24, 2.45) is 0 Å². The van der Waals surface area contributed by atoms with E-state index in [1.165, 1.54) is 6.20 Å². The zero-order valence-electron chi connectivity index (χ0n) is 10.5. The Morgan fingerprint density at radius 2 is 1.76 bits per heavy atom. The van der Waals surface area contributed by atoms with E-state index in [2.05, 4.69) is 15.0 Å². The predicted octanol–water partition coefficient (Wildman–Crippen LogP) is 1.89. The average Bonchev–Trinajstić information content (AvgIpc) is 2.27. The van der Waals surface area contributed by atoms with E-state index in [1.807, 2.05) is 27.7 Å². The van der Waals surface area contributed by atoms with Crippen LogP contribution in [0.3, 0.4) is 0 Å². The molecule has 0 N–H and O–H groups in total. The fraction of sp³-hybridized carbons (Fsp3) is 0.500. The molecule has 0 atom stereocenters. The highest BCUT2D eigenvalue weighted by Gasteiger charge is 2.11. The number of hydrogen-bond donors (Lipinski definition) is 0. The fourth-order valence-electron chi connectivity index (χ4n) is 1.70. The Morgan fingerprint density at radius 1 is 1.12 bits per heavy atom. The van der Waals surface area contributed by atoms with Crippen molar-refractivity contribution in [3.63, 3.8) is 0 Å². The largest absolute Gasteiger partial charge is 0.349 e. The molecular formula is C12H16N4O. The van der Waals surface area contributed by atoms with Gasteiger partial charge in [-0.2, -0.15) is 0 Å². The Bertz CT molecular complexity index is 601. The van der Waals surface area contributed by atoms with E-state index in [0.717, 1.165) is 11.2 Å². The standard InChI is InChI=1S/C12H16N4O/c1-7(2)10-13-5-9-6-14-12(17)16(8(3)4)11(9)15-10/h5-8H,1-4H3. The molecule has 0 aliphatic rings. The van der Waals surface area contributed by atoms with Gasteiger partial charge in [0.15, 0.2) is 0 Å². The van der Waals surface area contributed by atoms with Crippen molar-refractivity contribution in [1.29, 1.82) is 0 Å². The highest BCUT2D eigenvalue weighted by molar-refractivity contribution is 5.72. The molecule has 0 unspecified atom stereocenters. The van der Waals surface area contributed by atoms with E-state index >= 15 is 0 Å². The maximum absolute atomic E-state index is 11.7. The van der Waals surface area contributed by atoms with Gasteiger partial charge in [-0.1, -0.05) is 13.8 Å². The van der Waals surface area contributed by atoms with Crippen molar-refractivity contribution < 1.29 is 0 Å². The molecule has 90 valence electrons. The summed E-state index contributed by atoms with van der Waals surface area (Å²) in [6, 6.07) is 0.0358. The van der Waals surface area contributed by atoms with E-state index in [0.29, 0.717) is 5.65 Å². The summed E-state index contributed by atoms with van der Waals surface area (Å²) < 4.78 is 1.60. The normalized spacial score (nSPS) is 11.6. The molecule has 0 bridgehead atoms. The first-order valence-electron chi connectivity index (χ1n) is 5.75. The molecule has 2 rings (SSSR count). The molecule has 5 nitrogen and oxygen atoms in total. The lowest BCUT2D eigenvalue weighted by atomic mass is 10.2. The number of fused-ring (bicyclic) bond motifs is 1. The maximum Gasteiger partial charge on any atom is 0.349 e. The Balaban J connectivity index is 2.81. The predicted molar refractivity (Wildman–Crippen MR) is 66.1 cm³/mol. The third-order valence-electron chi connectivity index (χ3n) is 2.60. The van der Waals surface area contributed by atoms with Gasteiger partial charge in [0.25, 0.3) is 0 Å². The van der Waals surface area contributed by atoms with Crippen molar-refractivity contribution in [1.82, 2.24) is 19.5 Å². The zero-order valence-corrected chi connectivity index (χ0v) is 10.5. The number of rotatable bonds is 2. The molecule has 5 heteroatoms. The summed E-state index contributed by atoms with van der Waals surface area (Å²) in [6.45, 7) is 7.94. The molecule has 2 aromatic heterocycles. The smallest absolute Gasteiger partial charge is 0.273 e. The molecule has 0 spiro atoms. The summed E-state index contributed by atoms with van der Waals surface area (Å²) in [4.78, 5) is 24.3. The van der Waals surface area contributed by atoms with Crippen molar-refractivity contribution >= 4 is 11.0 Å². The molecule has 0 radical (unpaired) electrons. The first-order valence-corrected chi connectivity index (χ1v) is 5.75. The van der Waals surface area contributed by atoms with E-state index < -0.39 is 0 Å². The van der Waals surface area contributed by atoms with Gasteiger partial charge >= 0.3 is 5.69 Å². The number of aromatic nitrogens is 4. The van der Waals surface area contributed by atoms with Gasteiger partial charge < -0.3 is 0 Å². The van der Waals surface area contributed by atoms with Crippen molar-refractivity contribution in [3.8, 4) is 0 Å². The number of hydrogen-bond acceptors (Lipinski definition) is 4. The summed E-state index contributed by atoms with van der Waals surface area (Å²) >= 11 is 0. The summed E-state index contributed by atoms with van der Waals surface area (Å²) in [5.41, 5.74) is 0.402. The minimum atomic E-state index is -0.263. The van der Waals surface area contributed by atoms with Crippen LogP contribution < -0.4 is 5.69 Å². The summed E-state index contributed by atoms with van der Waals surface area (Å²) in [7, 11) is 0. The lowest BCUT2D eigenvalue weighted by Gasteiger charge is -2.13. The van der Waals surface area contributed by atoms with Gasteiger partial charge in [0, 0.05) is 24.4 Å². The van der Waals surface area contributed by atoms with Crippen LogP contribution in [0, 0.1) is 0 Å². The first kappa shape index (κ1) is 11.7. The zero-order chi connectivity index (χ0) is 12.6. The SMILES string of the molecule is CC(C)c1ncc2cnc(=O)n(C(C)C)c2n1. The van der Waals surface area contributed by atoms with Crippen LogP contribution >= 0.6 is 0 Å². The summed E-state index contributed by atoms with van der Waals surface area (Å²) in [6.07, 6.45) is 3.25. The van der Waals surface area contributed by atoms with Crippen LogP contribution in [0.15, 0.2) is 17.2 Å². The Morgan fingerprint density at radius 3 is 2.35 bits per heavy atom. The highest BCUT2D eigenvalue weighted by Crippen LogP contribution is 2.15. The van der Waals surface area contributed by atoms with Gasteiger partial charge in [0.05, 0.1) is 5.39 Å². The Kier molecular flexibility index (Phi) is 2.92. The molecule has 2 aromatic rings. The number of nitrogens with zero attached hydrogens (tertiary/aromatic N) is 4. The van der Waals surface area contributed by atoms with Crippen LogP contribution in [0.1, 0.15) is 45.5 Å². The van der Waals surface area contributed by atoms with Crippen molar-refractivity contribution in [3.05, 3.63) is 28.7 Å². The van der Waals surface area contributed by atoms with Crippen molar-refractivity contribution in [2.75, 3.05) is 0 Å². The Hall–Kier alpha value is -1.78. The molecule has 0 aliphatic carbocycles. The van der Waals surface area contributed by atoms with Gasteiger partial charge in [-0.05, 0) is 13.8 Å². The minimum Gasteiger partial charge on any atom is -0.273 e. The van der Waals surface area contributed by atoms with E-state index in [9.17, 15) is 4.79 Å². The maximum atomic E-state index is 11.7. The third-order valence-corrected chi connectivity index (χ3v) is 2.60. The lowest BCUT2D eigenvalue weighted by Crippen LogP contribution is -2.25. The van der Waals surface area contributed by atoms with Gasteiger partial charge in [0.1, 0.15) is 11.5 Å². The average molecular weight is 232 g/mol. The first-order chi connectivity index (χ1) is 8.00. The van der Waals surface area contributed by atoms with Gasteiger partial charge in [-0.25, -0.2) is 19.7 Å².